The van der Waals surface area contributed by atoms with Gasteiger partial charge in [0.25, 0.3) is 0 Å². The maximum Gasteiger partial charge on any atom is 2.00 e. The molecule has 10 aromatic rings. The number of alkyl halides is 8. The zero-order valence-corrected chi connectivity index (χ0v) is 59.4. The van der Waals surface area contributed by atoms with Crippen molar-refractivity contribution in [3.05, 3.63) is 290 Å². The van der Waals surface area contributed by atoms with Crippen LogP contribution in [0.15, 0.2) is 256 Å². The first-order valence-corrected chi connectivity index (χ1v) is 30.2. The van der Waals surface area contributed by atoms with Crippen LogP contribution in [0.3, 0.4) is 0 Å². The molecular weight excluding hydrogens is 1640 g/mol. The summed E-state index contributed by atoms with van der Waals surface area (Å²) in [5, 5.41) is 23.5. The van der Waals surface area contributed by atoms with Crippen LogP contribution in [0.4, 0.5) is 43.9 Å². The monoisotopic (exact) mass is 1690 g/mol. The zero-order chi connectivity index (χ0) is 70.6. The smallest absolute Gasteiger partial charge is 0.870 e. The molecule has 4 radical (unpaired) electrons. The minimum Gasteiger partial charge on any atom is -0.870 e. The summed E-state index contributed by atoms with van der Waals surface area (Å²) in [7, 11) is -12.2. The van der Waals surface area contributed by atoms with Crippen molar-refractivity contribution in [2.24, 2.45) is 0 Å². The number of carboxylic acids is 2. The van der Waals surface area contributed by atoms with Crippen molar-refractivity contribution < 1.29 is 183 Å². The Morgan fingerprint density at radius 3 is 0.608 bits per heavy atom. The van der Waals surface area contributed by atoms with Crippen LogP contribution in [-0.2, 0) is 92.1 Å². The van der Waals surface area contributed by atoms with Crippen molar-refractivity contribution in [2.45, 2.75) is 24.9 Å². The Balaban J connectivity index is -0.000000171. The topological polar surface area (TPSA) is 375 Å². The third-order valence-electron chi connectivity index (χ3n) is 10.4. The van der Waals surface area contributed by atoms with Crippen LogP contribution in [0, 0.1) is 23.3 Å². The van der Waals surface area contributed by atoms with Gasteiger partial charge in [-0.1, -0.05) is 109 Å². The van der Waals surface area contributed by atoms with Crippen molar-refractivity contribution in [3.8, 4) is 44.5 Å². The van der Waals surface area contributed by atoms with E-state index in [1.54, 1.807) is 86.0 Å². The molecule has 0 bridgehead atoms. The molecule has 4 N–H and O–H groups in total. The second kappa shape index (κ2) is 60.9. The van der Waals surface area contributed by atoms with Crippen molar-refractivity contribution >= 4 is 55.4 Å². The zero-order valence-electron chi connectivity index (χ0n) is 52.1. The first-order chi connectivity index (χ1) is 44.4. The third kappa shape index (κ3) is 46.8. The molecule has 0 unspecified atom stereocenters. The number of hydrogen-bond acceptors (Lipinski definition) is 19. The van der Waals surface area contributed by atoms with Gasteiger partial charge in [0.15, 0.2) is 20.2 Å². The van der Waals surface area contributed by atoms with E-state index in [0.29, 0.717) is 44.5 Å². The Morgan fingerprint density at radius 1 is 0.363 bits per heavy atom. The van der Waals surface area contributed by atoms with E-state index < -0.39 is 66.5 Å². The van der Waals surface area contributed by atoms with E-state index in [-0.39, 0.29) is 105 Å². The second-order valence-electron chi connectivity index (χ2n) is 16.8. The number of carbonyl (C=O) groups excluding carboxylic acids is 2. The molecular formula is C65H58Cl2Co4F10N4O15S2. The van der Waals surface area contributed by atoms with E-state index in [9.17, 15) is 63.7 Å². The summed E-state index contributed by atoms with van der Waals surface area (Å²) < 4.78 is 175. The average molecular weight is 1700 g/mol. The molecule has 0 saturated heterocycles. The van der Waals surface area contributed by atoms with Crippen LogP contribution in [0.1, 0.15) is 34.6 Å². The predicted molar refractivity (Wildman–Crippen MR) is 338 cm³/mol. The number of halogens is 12. The molecule has 0 atom stereocenters. The van der Waals surface area contributed by atoms with E-state index in [4.69, 9.17) is 53.9 Å². The van der Waals surface area contributed by atoms with E-state index >= 15 is 0 Å². The van der Waals surface area contributed by atoms with Crippen LogP contribution in [0.25, 0.3) is 44.5 Å². The summed E-state index contributed by atoms with van der Waals surface area (Å²) in [6, 6.07) is 54.9. The van der Waals surface area contributed by atoms with Gasteiger partial charge in [-0.3, -0.25) is 19.9 Å². The predicted octanol–water partition coefficient (Wildman–Crippen LogP) is 13.5. The molecule has 37 heteroatoms. The minimum absolute atomic E-state index is 0. The normalized spacial score (nSPS) is 9.41. The van der Waals surface area contributed by atoms with Crippen LogP contribution >= 0.6 is 23.2 Å². The number of aromatic carboxylic acids is 2. The number of carboxylic acid groups (broad SMARTS) is 2. The maximum absolute atomic E-state index is 13.1. The van der Waals surface area contributed by atoms with Crippen LogP contribution in [0.5, 0.6) is 0 Å². The number of hydrogen-bond donors (Lipinski definition) is 0. The molecule has 0 fully saturated rings. The molecule has 0 spiro atoms. The molecule has 560 valence electrons. The quantitative estimate of drug-likeness (QED) is 0.0590. The maximum atomic E-state index is 13.1. The Kier molecular flexibility index (Phi) is 65.9. The van der Waals surface area contributed by atoms with Crippen LogP contribution in [-0.4, -0.2) is 109 Å². The first kappa shape index (κ1) is 110. The fourth-order valence-corrected chi connectivity index (χ4v) is 6.48. The molecule has 0 aliphatic rings. The largest absolute Gasteiger partial charge is 2.00 e. The number of ether oxygens (including phenoxy) is 1. The molecule has 102 heavy (non-hydrogen) atoms. The van der Waals surface area contributed by atoms with Gasteiger partial charge in [0.05, 0.1) is 17.3 Å². The minimum atomic E-state index is -6.09. The fraction of sp³-hybridized carbons (Fsp3) is 0.108. The van der Waals surface area contributed by atoms with E-state index in [1.807, 2.05) is 86.6 Å². The molecule has 0 aliphatic carbocycles. The summed E-state index contributed by atoms with van der Waals surface area (Å²) in [5.41, 5.74) is -7.36. The van der Waals surface area contributed by atoms with E-state index in [2.05, 4.69) is 19.9 Å². The van der Waals surface area contributed by atoms with Crippen molar-refractivity contribution in [2.75, 3.05) is 18.6 Å². The number of aromatic nitrogens is 4. The Bertz CT molecular complexity index is 3390. The van der Waals surface area contributed by atoms with E-state index in [0.717, 1.165) is 13.2 Å². The van der Waals surface area contributed by atoms with Gasteiger partial charge in [0.2, 0.25) is 0 Å². The molecule has 0 amide bonds. The average Bonchev–Trinajstić information content (AvgIpc) is 0.798. The van der Waals surface area contributed by atoms with Gasteiger partial charge in [-0.2, -0.15) is 26.3 Å². The number of benzene rings is 6. The third-order valence-corrected chi connectivity index (χ3v) is 11.5. The van der Waals surface area contributed by atoms with E-state index in [1.165, 1.54) is 97.1 Å². The van der Waals surface area contributed by atoms with Crippen molar-refractivity contribution in [1.29, 1.82) is 0 Å². The van der Waals surface area contributed by atoms with Gasteiger partial charge >= 0.3 is 78.1 Å². The van der Waals surface area contributed by atoms with Gasteiger partial charge < -0.3 is 55.5 Å². The number of nitrogens with zero attached hydrogens (tertiary/aromatic N) is 4. The van der Waals surface area contributed by atoms with Gasteiger partial charge in [-0.05, 0) is 155 Å². The fourth-order valence-electron chi connectivity index (χ4n) is 6.48. The van der Waals surface area contributed by atoms with Gasteiger partial charge in [-0.15, -0.1) is 23.2 Å². The van der Waals surface area contributed by atoms with Gasteiger partial charge in [-0.25, -0.2) is 34.4 Å². The number of pyridine rings is 4. The number of carbonyl (C=O) groups is 2. The van der Waals surface area contributed by atoms with Gasteiger partial charge in [0, 0.05) is 73.9 Å². The Labute approximate surface area is 632 Å². The number of rotatable bonds is 8. The summed E-state index contributed by atoms with van der Waals surface area (Å²) in [6.07, 6.45) is 14.0. The summed E-state index contributed by atoms with van der Waals surface area (Å²) in [4.78, 5) is 38.5. The van der Waals surface area contributed by atoms with Gasteiger partial charge in [0.1, 0.15) is 23.3 Å². The molecule has 4 aromatic heterocycles. The second-order valence-corrected chi connectivity index (χ2v) is 20.4. The van der Waals surface area contributed by atoms with Crippen LogP contribution in [0.2, 0.25) is 0 Å². The standard InChI is InChI=1S/2C19H12F2O2.4C5H5N.C4H10O.CH2Cl2.2CHF3O3S.4Co.4H2O/c2*20-14-8-4-12(5-9-14)16-2-1-3-17(18(16)19(22)23)13-6-10-15(21)11-7-13;4*1-2-4-6-5-3-1;1-3-5-4-2;2-1-3;2*2-1(3,4)8(5,6)7;;;;;;;;/h2*1-11H,(H,22,23);4*1-5H;3-4H2,1-2H3;1H2;2*(H,5,6,7);;;;;4*1H2/q;;;;;;;;;;4*+2;;;;/p-8. The summed E-state index contributed by atoms with van der Waals surface area (Å²) in [6.45, 7) is 5.67. The Morgan fingerprint density at radius 2 is 0.520 bits per heavy atom. The van der Waals surface area contributed by atoms with Crippen molar-refractivity contribution in [1.82, 2.24) is 19.9 Å². The molecule has 0 saturated carbocycles. The molecule has 10 rings (SSSR count). The van der Waals surface area contributed by atoms with Crippen LogP contribution < -0.4 is 10.2 Å². The molecule has 6 aromatic carbocycles. The molecule has 0 aliphatic heterocycles. The molecule has 19 nitrogen and oxygen atoms in total. The summed E-state index contributed by atoms with van der Waals surface area (Å²) in [5.74, 6) is -4.30. The Hall–Kier alpha value is -7.61. The van der Waals surface area contributed by atoms with Crippen molar-refractivity contribution in [3.63, 3.8) is 0 Å². The first-order valence-electron chi connectivity index (χ1n) is 26.3. The SMILES string of the molecule is CCOCC.ClCCl.O=C([O-])c1c(-c2ccc(F)cc2)cccc1-c1ccc(F)cc1.O=C([O-])c1c(-c2ccc(F)cc2)cccc1-c1ccc(F)cc1.O=S(=O)([O-])C(F)(F)F.O=S(=O)([O-])C(F)(F)F.[Co+2].[Co+2].[Co+2].[Co+2].[OH-].[OH-].[OH-].[OH-].c1ccncc1.c1ccncc1.c1ccncc1.c1ccncc1. The molecule has 4 heterocycles. The summed E-state index contributed by atoms with van der Waals surface area (Å²) >= 11 is 9.53.